The van der Waals surface area contributed by atoms with Gasteiger partial charge in [-0.1, -0.05) is 31.4 Å². The van der Waals surface area contributed by atoms with Gasteiger partial charge in [0.25, 0.3) is 5.56 Å². The van der Waals surface area contributed by atoms with Gasteiger partial charge in [-0.05, 0) is 38.4 Å². The normalized spacial score (nSPS) is 21.5. The molecule has 1 aromatic carbocycles. The summed E-state index contributed by atoms with van der Waals surface area (Å²) in [6.45, 7) is 0.483. The van der Waals surface area contributed by atoms with E-state index in [-0.39, 0.29) is 41.6 Å². The summed E-state index contributed by atoms with van der Waals surface area (Å²) in [5.41, 5.74) is 0.432. The van der Waals surface area contributed by atoms with Gasteiger partial charge in [0, 0.05) is 12.1 Å². The number of likely N-dealkylation sites (N-methyl/N-ethyl adjacent to an activating group) is 1. The molecule has 9 heteroatoms. The number of benzene rings is 1. The van der Waals surface area contributed by atoms with Crippen molar-refractivity contribution in [1.82, 2.24) is 19.8 Å². The lowest BCUT2D eigenvalue weighted by atomic mass is 9.93. The summed E-state index contributed by atoms with van der Waals surface area (Å²) in [5, 5.41) is 0.538. The maximum absolute atomic E-state index is 13.3. The molecule has 0 bridgehead atoms. The van der Waals surface area contributed by atoms with E-state index in [4.69, 9.17) is 0 Å². The number of para-hydroxylation sites is 1. The summed E-state index contributed by atoms with van der Waals surface area (Å²) in [6, 6.07) is 7.05. The lowest BCUT2D eigenvalue weighted by Gasteiger charge is -2.39. The van der Waals surface area contributed by atoms with Gasteiger partial charge in [-0.2, -0.15) is 0 Å². The van der Waals surface area contributed by atoms with Crippen LogP contribution < -0.4 is 5.56 Å². The highest BCUT2D eigenvalue weighted by Gasteiger charge is 2.38. The van der Waals surface area contributed by atoms with E-state index in [1.807, 2.05) is 22.9 Å². The molecular weight excluding hydrogens is 416 g/mol. The Balaban J connectivity index is 1.48. The van der Waals surface area contributed by atoms with Gasteiger partial charge in [-0.25, -0.2) is 13.4 Å². The van der Waals surface area contributed by atoms with E-state index >= 15 is 0 Å². The predicted octanol–water partition coefficient (Wildman–Crippen LogP) is 1.70. The van der Waals surface area contributed by atoms with Gasteiger partial charge in [0.05, 0.1) is 35.5 Å². The van der Waals surface area contributed by atoms with Gasteiger partial charge < -0.3 is 9.88 Å². The Morgan fingerprint density at radius 3 is 2.58 bits per heavy atom. The SMILES string of the molecule is CN(CC(=O)N(C1CCCCC1)C1CCS(=O)(=O)C1)Cc1nc2ccccc2c(=O)[nH]1. The van der Waals surface area contributed by atoms with E-state index in [1.54, 1.807) is 18.2 Å². The van der Waals surface area contributed by atoms with Gasteiger partial charge in [-0.3, -0.25) is 14.5 Å². The average Bonchev–Trinajstić information content (AvgIpc) is 3.08. The van der Waals surface area contributed by atoms with Crippen molar-refractivity contribution < 1.29 is 13.2 Å². The predicted molar refractivity (Wildman–Crippen MR) is 119 cm³/mol. The van der Waals surface area contributed by atoms with E-state index in [2.05, 4.69) is 9.97 Å². The molecule has 2 fully saturated rings. The topological polar surface area (TPSA) is 103 Å². The molecule has 1 unspecified atom stereocenters. The molecule has 31 heavy (non-hydrogen) atoms. The Labute approximate surface area is 182 Å². The fourth-order valence-corrected chi connectivity index (χ4v) is 6.60. The van der Waals surface area contributed by atoms with Gasteiger partial charge in [0.2, 0.25) is 5.91 Å². The van der Waals surface area contributed by atoms with Crippen molar-refractivity contribution in [3.8, 4) is 0 Å². The number of aromatic nitrogens is 2. The van der Waals surface area contributed by atoms with Crippen molar-refractivity contribution in [2.75, 3.05) is 25.1 Å². The number of H-pyrrole nitrogens is 1. The van der Waals surface area contributed by atoms with E-state index in [1.165, 1.54) is 6.42 Å². The Morgan fingerprint density at radius 2 is 1.87 bits per heavy atom. The number of hydrogen-bond acceptors (Lipinski definition) is 6. The molecule has 4 rings (SSSR count). The van der Waals surface area contributed by atoms with Crippen LogP contribution >= 0.6 is 0 Å². The Kier molecular flexibility index (Phi) is 6.43. The smallest absolute Gasteiger partial charge is 0.258 e. The van der Waals surface area contributed by atoms with Crippen LogP contribution in [0.2, 0.25) is 0 Å². The molecule has 1 saturated heterocycles. The number of hydrogen-bond donors (Lipinski definition) is 1. The number of fused-ring (bicyclic) bond motifs is 1. The summed E-state index contributed by atoms with van der Waals surface area (Å²) in [4.78, 5) is 36.6. The second-order valence-corrected chi connectivity index (χ2v) is 11.1. The minimum atomic E-state index is -3.07. The van der Waals surface area contributed by atoms with Crippen LogP contribution in [0, 0.1) is 0 Å². The van der Waals surface area contributed by atoms with Crippen LogP contribution in [0.1, 0.15) is 44.3 Å². The second-order valence-electron chi connectivity index (χ2n) is 8.85. The van der Waals surface area contributed by atoms with E-state index in [0.29, 0.717) is 29.7 Å². The lowest BCUT2D eigenvalue weighted by Crippen LogP contribution is -2.51. The highest BCUT2D eigenvalue weighted by molar-refractivity contribution is 7.91. The zero-order valence-corrected chi connectivity index (χ0v) is 18.7. The molecule has 0 spiro atoms. The van der Waals surface area contributed by atoms with Gasteiger partial charge in [0.15, 0.2) is 9.84 Å². The first kappa shape index (κ1) is 22.0. The molecule has 1 aromatic heterocycles. The molecular formula is C22H30N4O4S. The molecule has 1 atom stereocenters. The fraction of sp³-hybridized carbons (Fsp3) is 0.591. The summed E-state index contributed by atoms with van der Waals surface area (Å²) >= 11 is 0. The Bertz CT molecular complexity index is 1110. The second kappa shape index (κ2) is 9.08. The van der Waals surface area contributed by atoms with E-state index < -0.39 is 9.84 Å². The van der Waals surface area contributed by atoms with Crippen molar-refractivity contribution in [3.63, 3.8) is 0 Å². The molecule has 0 radical (unpaired) electrons. The minimum absolute atomic E-state index is 0.0420. The maximum Gasteiger partial charge on any atom is 0.258 e. The number of nitrogens with one attached hydrogen (secondary N) is 1. The zero-order valence-electron chi connectivity index (χ0n) is 17.9. The van der Waals surface area contributed by atoms with Crippen molar-refractivity contribution >= 4 is 26.6 Å². The molecule has 168 valence electrons. The number of carbonyl (C=O) groups is 1. The zero-order chi connectivity index (χ0) is 22.0. The Morgan fingerprint density at radius 1 is 1.13 bits per heavy atom. The molecule has 1 amide bonds. The first-order chi connectivity index (χ1) is 14.8. The maximum atomic E-state index is 13.3. The van der Waals surface area contributed by atoms with Crippen LogP contribution in [0.3, 0.4) is 0 Å². The molecule has 1 saturated carbocycles. The molecule has 2 aromatic rings. The summed E-state index contributed by atoms with van der Waals surface area (Å²) < 4.78 is 24.1. The van der Waals surface area contributed by atoms with Crippen LogP contribution in [0.5, 0.6) is 0 Å². The molecule has 2 aliphatic rings. The number of nitrogens with zero attached hydrogens (tertiary/aromatic N) is 3. The fourth-order valence-electron chi connectivity index (χ4n) is 4.89. The molecule has 8 nitrogen and oxygen atoms in total. The van der Waals surface area contributed by atoms with Crippen molar-refractivity contribution in [1.29, 1.82) is 0 Å². The molecule has 2 heterocycles. The number of aromatic amines is 1. The number of sulfone groups is 1. The standard InChI is InChI=1S/C22H30N4O4S/c1-25(13-20-23-19-10-6-5-9-18(19)22(28)24-20)14-21(27)26(16-7-3-2-4-8-16)17-11-12-31(29,30)15-17/h5-6,9-10,16-17H,2-4,7-8,11-15H2,1H3,(H,23,24,28). The third-order valence-corrected chi connectivity index (χ3v) is 8.09. The first-order valence-corrected chi connectivity index (χ1v) is 12.8. The summed E-state index contributed by atoms with van der Waals surface area (Å²) in [5.74, 6) is 0.691. The molecule has 1 N–H and O–H groups in total. The number of amides is 1. The van der Waals surface area contributed by atoms with Gasteiger partial charge in [0.1, 0.15) is 5.82 Å². The van der Waals surface area contributed by atoms with Crippen LogP contribution in [0.4, 0.5) is 0 Å². The van der Waals surface area contributed by atoms with E-state index in [9.17, 15) is 18.0 Å². The van der Waals surface area contributed by atoms with Crippen molar-refractivity contribution in [2.45, 2.75) is 57.2 Å². The van der Waals surface area contributed by atoms with Crippen LogP contribution in [-0.2, 0) is 21.2 Å². The molecule has 1 aliphatic carbocycles. The highest BCUT2D eigenvalue weighted by atomic mass is 32.2. The first-order valence-electron chi connectivity index (χ1n) is 11.0. The van der Waals surface area contributed by atoms with Gasteiger partial charge >= 0.3 is 0 Å². The average molecular weight is 447 g/mol. The highest BCUT2D eigenvalue weighted by Crippen LogP contribution is 2.28. The number of rotatable bonds is 6. The third-order valence-electron chi connectivity index (χ3n) is 6.34. The largest absolute Gasteiger partial charge is 0.335 e. The van der Waals surface area contributed by atoms with E-state index in [0.717, 1.165) is 25.7 Å². The monoisotopic (exact) mass is 446 g/mol. The minimum Gasteiger partial charge on any atom is -0.335 e. The van der Waals surface area contributed by atoms with Crippen molar-refractivity contribution in [2.24, 2.45) is 0 Å². The summed E-state index contributed by atoms with van der Waals surface area (Å²) in [7, 11) is -1.26. The van der Waals surface area contributed by atoms with Crippen molar-refractivity contribution in [3.05, 3.63) is 40.4 Å². The molecule has 1 aliphatic heterocycles. The van der Waals surface area contributed by atoms with Gasteiger partial charge in [-0.15, -0.1) is 0 Å². The van der Waals surface area contributed by atoms with Crippen LogP contribution in [-0.4, -0.2) is 71.3 Å². The third kappa shape index (κ3) is 5.15. The number of carbonyl (C=O) groups excluding carboxylic acids is 1. The van der Waals surface area contributed by atoms with Crippen LogP contribution in [0.15, 0.2) is 29.1 Å². The quantitative estimate of drug-likeness (QED) is 0.724. The summed E-state index contributed by atoms with van der Waals surface area (Å²) in [6.07, 6.45) is 5.71. The Hall–Kier alpha value is -2.26. The lowest BCUT2D eigenvalue weighted by molar-refractivity contribution is -0.137. The van der Waals surface area contributed by atoms with Crippen LogP contribution in [0.25, 0.3) is 10.9 Å².